The van der Waals surface area contributed by atoms with Gasteiger partial charge in [-0.1, -0.05) is 0 Å². The van der Waals surface area contributed by atoms with Crippen LogP contribution >= 0.6 is 15.9 Å². The van der Waals surface area contributed by atoms with Gasteiger partial charge in [0.15, 0.2) is 0 Å². The van der Waals surface area contributed by atoms with Gasteiger partial charge in [0.05, 0.1) is 7.11 Å². The fourth-order valence-corrected chi connectivity index (χ4v) is 1.94. The van der Waals surface area contributed by atoms with E-state index in [9.17, 15) is 4.79 Å². The molecule has 0 aliphatic heterocycles. The summed E-state index contributed by atoms with van der Waals surface area (Å²) in [5, 5.41) is 2.84. The Morgan fingerprint density at radius 1 is 1.39 bits per heavy atom. The highest BCUT2D eigenvalue weighted by Crippen LogP contribution is 2.21. The monoisotopic (exact) mass is 308 g/mol. The van der Waals surface area contributed by atoms with Crippen molar-refractivity contribution in [3.63, 3.8) is 0 Å². The van der Waals surface area contributed by atoms with Crippen molar-refractivity contribution >= 4 is 27.5 Å². The lowest BCUT2D eigenvalue weighted by Crippen LogP contribution is -2.13. The summed E-state index contributed by atoms with van der Waals surface area (Å²) in [6, 6.07) is 7.24. The molecule has 0 atom stereocenters. The normalized spacial score (nSPS) is 10.2. The molecule has 0 fully saturated rings. The minimum Gasteiger partial charge on any atom is -0.497 e. The summed E-state index contributed by atoms with van der Waals surface area (Å²) >= 11 is 3.29. The van der Waals surface area contributed by atoms with Crippen LogP contribution in [0.1, 0.15) is 16.1 Å². The number of ether oxygens (including phenoxy) is 1. The smallest absolute Gasteiger partial charge is 0.272 e. The highest BCUT2D eigenvalue weighted by molar-refractivity contribution is 9.10. The summed E-state index contributed by atoms with van der Waals surface area (Å²) in [5.74, 6) is 0.599. The van der Waals surface area contributed by atoms with E-state index >= 15 is 0 Å². The summed E-state index contributed by atoms with van der Waals surface area (Å²) < 4.78 is 5.96. The average Bonchev–Trinajstić information content (AvgIpc) is 2.78. The van der Waals surface area contributed by atoms with Crippen molar-refractivity contribution in [3.05, 3.63) is 46.2 Å². The van der Waals surface area contributed by atoms with E-state index in [4.69, 9.17) is 4.74 Å². The third kappa shape index (κ3) is 2.73. The Balaban J connectivity index is 2.16. The molecule has 0 radical (unpaired) electrons. The van der Waals surface area contributed by atoms with Crippen molar-refractivity contribution in [2.24, 2.45) is 0 Å². The van der Waals surface area contributed by atoms with Gasteiger partial charge in [0.1, 0.15) is 11.4 Å². The van der Waals surface area contributed by atoms with Crippen LogP contribution in [0.15, 0.2) is 34.9 Å². The van der Waals surface area contributed by atoms with Crippen molar-refractivity contribution in [2.45, 2.75) is 6.92 Å². The molecule has 0 spiro atoms. The maximum Gasteiger partial charge on any atom is 0.272 e. The number of anilines is 1. The summed E-state index contributed by atoms with van der Waals surface area (Å²) in [5.41, 5.74) is 2.23. The van der Waals surface area contributed by atoms with Gasteiger partial charge in [-0.05, 0) is 52.7 Å². The molecule has 2 aromatic rings. The molecule has 94 valence electrons. The first kappa shape index (κ1) is 12.7. The summed E-state index contributed by atoms with van der Waals surface area (Å²) in [7, 11) is 1.61. The quantitative estimate of drug-likeness (QED) is 0.913. The molecule has 18 heavy (non-hydrogen) atoms. The van der Waals surface area contributed by atoms with Crippen molar-refractivity contribution in [3.8, 4) is 5.75 Å². The highest BCUT2D eigenvalue weighted by Gasteiger charge is 2.09. The van der Waals surface area contributed by atoms with Crippen LogP contribution in [0.5, 0.6) is 5.75 Å². The molecule has 0 aliphatic carbocycles. The summed E-state index contributed by atoms with van der Waals surface area (Å²) in [6.07, 6.45) is 1.72. The SMILES string of the molecule is COc1ccc(NC(=O)c2cc(Br)c[nH]2)c(C)c1. The van der Waals surface area contributed by atoms with Gasteiger partial charge >= 0.3 is 0 Å². The second-order valence-electron chi connectivity index (χ2n) is 3.87. The van der Waals surface area contributed by atoms with E-state index in [1.165, 1.54) is 0 Å². The minimum atomic E-state index is -0.172. The molecule has 1 aromatic carbocycles. The Morgan fingerprint density at radius 2 is 2.17 bits per heavy atom. The van der Waals surface area contributed by atoms with Crippen LogP contribution < -0.4 is 10.1 Å². The lowest BCUT2D eigenvalue weighted by atomic mass is 10.2. The molecule has 2 N–H and O–H groups in total. The minimum absolute atomic E-state index is 0.172. The third-order valence-corrected chi connectivity index (χ3v) is 3.03. The molecule has 1 amide bonds. The van der Waals surface area contributed by atoms with Crippen molar-refractivity contribution in [1.82, 2.24) is 4.98 Å². The number of methoxy groups -OCH3 is 1. The number of carbonyl (C=O) groups is 1. The highest BCUT2D eigenvalue weighted by atomic mass is 79.9. The van der Waals surface area contributed by atoms with E-state index in [1.54, 1.807) is 19.4 Å². The third-order valence-electron chi connectivity index (χ3n) is 2.57. The predicted octanol–water partition coefficient (Wildman–Crippen LogP) is 3.35. The summed E-state index contributed by atoms with van der Waals surface area (Å²) in [4.78, 5) is 14.8. The Kier molecular flexibility index (Phi) is 3.72. The van der Waals surface area contributed by atoms with Gasteiger partial charge in [0.2, 0.25) is 0 Å². The van der Waals surface area contributed by atoms with Gasteiger partial charge in [-0.2, -0.15) is 0 Å². The van der Waals surface area contributed by atoms with Crippen molar-refractivity contribution < 1.29 is 9.53 Å². The molecule has 4 nitrogen and oxygen atoms in total. The number of hydrogen-bond donors (Lipinski definition) is 2. The van der Waals surface area contributed by atoms with Crippen LogP contribution in [0.3, 0.4) is 0 Å². The van der Waals surface area contributed by atoms with Gasteiger partial charge in [0, 0.05) is 16.4 Å². The molecule has 1 aromatic heterocycles. The van der Waals surface area contributed by atoms with Crippen LogP contribution in [0.25, 0.3) is 0 Å². The first-order chi connectivity index (χ1) is 8.60. The average molecular weight is 309 g/mol. The topological polar surface area (TPSA) is 54.1 Å². The number of nitrogens with one attached hydrogen (secondary N) is 2. The molecule has 5 heteroatoms. The number of benzene rings is 1. The molecule has 0 aliphatic rings. The molecule has 0 unspecified atom stereocenters. The standard InChI is InChI=1S/C13H13BrN2O2/c1-8-5-10(18-2)3-4-11(8)16-13(17)12-6-9(14)7-15-12/h3-7,15H,1-2H3,(H,16,17). The lowest BCUT2D eigenvalue weighted by molar-refractivity contribution is 0.102. The maximum absolute atomic E-state index is 11.9. The van der Waals surface area contributed by atoms with E-state index in [-0.39, 0.29) is 5.91 Å². The number of rotatable bonds is 3. The molecule has 0 saturated carbocycles. The zero-order valence-corrected chi connectivity index (χ0v) is 11.7. The Morgan fingerprint density at radius 3 is 2.72 bits per heavy atom. The van der Waals surface area contributed by atoms with Crippen LogP contribution in [0.4, 0.5) is 5.69 Å². The number of halogens is 1. The Labute approximate surface area is 113 Å². The Bertz CT molecular complexity index is 578. The van der Waals surface area contributed by atoms with Gasteiger partial charge < -0.3 is 15.0 Å². The molecule has 1 heterocycles. The number of aromatic nitrogens is 1. The van der Waals surface area contributed by atoms with Crippen LogP contribution in [0, 0.1) is 6.92 Å². The number of H-pyrrole nitrogens is 1. The largest absolute Gasteiger partial charge is 0.497 e. The van der Waals surface area contributed by atoms with Gasteiger partial charge in [0.25, 0.3) is 5.91 Å². The first-order valence-electron chi connectivity index (χ1n) is 5.40. The first-order valence-corrected chi connectivity index (χ1v) is 6.19. The number of hydrogen-bond acceptors (Lipinski definition) is 2. The van der Waals surface area contributed by atoms with E-state index in [2.05, 4.69) is 26.2 Å². The second kappa shape index (κ2) is 5.27. The zero-order chi connectivity index (χ0) is 13.1. The van der Waals surface area contributed by atoms with Crippen molar-refractivity contribution in [2.75, 3.05) is 12.4 Å². The van der Waals surface area contributed by atoms with E-state index in [0.717, 1.165) is 21.5 Å². The maximum atomic E-state index is 11.9. The molecular formula is C13H13BrN2O2. The molecule has 0 saturated heterocycles. The lowest BCUT2D eigenvalue weighted by Gasteiger charge is -2.09. The molecular weight excluding hydrogens is 296 g/mol. The number of aryl methyl sites for hydroxylation is 1. The molecule has 2 rings (SSSR count). The van der Waals surface area contributed by atoms with Crippen molar-refractivity contribution in [1.29, 1.82) is 0 Å². The van der Waals surface area contributed by atoms with E-state index in [1.807, 2.05) is 25.1 Å². The van der Waals surface area contributed by atoms with E-state index < -0.39 is 0 Å². The fourth-order valence-electron chi connectivity index (χ4n) is 1.59. The predicted molar refractivity (Wildman–Crippen MR) is 74.2 cm³/mol. The van der Waals surface area contributed by atoms with Gasteiger partial charge in [-0.25, -0.2) is 0 Å². The van der Waals surface area contributed by atoms with Gasteiger partial charge in [-0.15, -0.1) is 0 Å². The summed E-state index contributed by atoms with van der Waals surface area (Å²) in [6.45, 7) is 1.92. The van der Waals surface area contributed by atoms with Crippen LogP contribution in [-0.2, 0) is 0 Å². The number of amides is 1. The van der Waals surface area contributed by atoms with Crippen LogP contribution in [-0.4, -0.2) is 18.0 Å². The van der Waals surface area contributed by atoms with Gasteiger partial charge in [-0.3, -0.25) is 4.79 Å². The number of carbonyl (C=O) groups excluding carboxylic acids is 1. The Hall–Kier alpha value is -1.75. The number of aromatic amines is 1. The van der Waals surface area contributed by atoms with Crippen LogP contribution in [0.2, 0.25) is 0 Å². The molecule has 0 bridgehead atoms. The second-order valence-corrected chi connectivity index (χ2v) is 4.78. The van der Waals surface area contributed by atoms with E-state index in [0.29, 0.717) is 5.69 Å². The zero-order valence-electron chi connectivity index (χ0n) is 10.1. The fraction of sp³-hybridized carbons (Fsp3) is 0.154.